The molecule has 0 bridgehead atoms. The zero-order valence-electron chi connectivity index (χ0n) is 17.0. The van der Waals surface area contributed by atoms with Crippen molar-refractivity contribution in [3.63, 3.8) is 0 Å². The first-order chi connectivity index (χ1) is 15.2. The third-order valence-electron chi connectivity index (χ3n) is 5.60. The Morgan fingerprint density at radius 1 is 0.935 bits per heavy atom. The Morgan fingerprint density at radius 2 is 1.65 bits per heavy atom. The number of carbonyl (C=O) groups excluding carboxylic acids is 1. The zero-order valence-corrected chi connectivity index (χ0v) is 17.0. The van der Waals surface area contributed by atoms with Gasteiger partial charge in [-0.25, -0.2) is 4.79 Å². The van der Waals surface area contributed by atoms with Crippen molar-refractivity contribution in [2.24, 2.45) is 0 Å². The molecule has 1 aliphatic carbocycles. The lowest BCUT2D eigenvalue weighted by molar-refractivity contribution is -0.136. The van der Waals surface area contributed by atoms with Crippen molar-refractivity contribution in [1.29, 1.82) is 0 Å². The lowest BCUT2D eigenvalue weighted by atomic mass is 9.85. The molecule has 4 heteroatoms. The Hall–Kier alpha value is -3.92. The number of esters is 1. The van der Waals surface area contributed by atoms with Crippen molar-refractivity contribution in [3.05, 3.63) is 117 Å². The first kappa shape index (κ1) is 19.1. The fourth-order valence-corrected chi connectivity index (χ4v) is 4.24. The molecule has 0 N–H and O–H groups in total. The highest BCUT2D eigenvalue weighted by Crippen LogP contribution is 2.42. The lowest BCUT2D eigenvalue weighted by Gasteiger charge is -2.20. The van der Waals surface area contributed by atoms with Gasteiger partial charge in [-0.05, 0) is 41.8 Å². The van der Waals surface area contributed by atoms with Gasteiger partial charge in [0.05, 0.1) is 29.0 Å². The molecule has 1 unspecified atom stereocenters. The van der Waals surface area contributed by atoms with Crippen molar-refractivity contribution >= 4 is 28.6 Å². The Bertz CT molecular complexity index is 1380. The van der Waals surface area contributed by atoms with Crippen molar-refractivity contribution in [3.8, 4) is 0 Å². The van der Waals surface area contributed by atoms with Gasteiger partial charge in [0.15, 0.2) is 5.43 Å². The summed E-state index contributed by atoms with van der Waals surface area (Å²) in [6.07, 6.45) is 1.63. The zero-order chi connectivity index (χ0) is 21.4. The topological polar surface area (TPSA) is 56.5 Å². The Labute approximate surface area is 179 Å². The van der Waals surface area contributed by atoms with Gasteiger partial charge in [0.1, 0.15) is 11.3 Å². The maximum atomic E-state index is 13.5. The highest BCUT2D eigenvalue weighted by Gasteiger charge is 2.32. The predicted molar refractivity (Wildman–Crippen MR) is 121 cm³/mol. The van der Waals surface area contributed by atoms with E-state index >= 15 is 0 Å². The number of hydrogen-bond acceptors (Lipinski definition) is 4. The second-order valence-corrected chi connectivity index (χ2v) is 7.41. The SMILES string of the molecule is CCOC(=O)C1=Cc2c(oc3ccccc3c2=O)C(c2ccccc2)c2ccccc21. The molecule has 1 heterocycles. The van der Waals surface area contributed by atoms with Crippen molar-refractivity contribution in [2.45, 2.75) is 12.8 Å². The maximum absolute atomic E-state index is 13.5. The molecule has 0 saturated heterocycles. The maximum Gasteiger partial charge on any atom is 0.338 e. The molecule has 0 saturated carbocycles. The highest BCUT2D eigenvalue weighted by atomic mass is 16.5. The van der Waals surface area contributed by atoms with Crippen LogP contribution in [0.1, 0.15) is 40.9 Å². The molecular weight excluding hydrogens is 388 g/mol. The van der Waals surface area contributed by atoms with E-state index < -0.39 is 5.97 Å². The van der Waals surface area contributed by atoms with Crippen LogP contribution >= 0.6 is 0 Å². The van der Waals surface area contributed by atoms with Crippen molar-refractivity contribution < 1.29 is 13.9 Å². The number of hydrogen-bond donors (Lipinski definition) is 0. The molecule has 0 aliphatic heterocycles. The van der Waals surface area contributed by atoms with Crippen LogP contribution in [0.25, 0.3) is 22.6 Å². The standard InChI is InChI=1S/C27H20O4/c1-2-30-27(29)21-16-22-25(28)20-14-8-9-15-23(20)31-26(22)24(17-10-4-3-5-11-17)19-13-7-6-12-18(19)21/h3-16,24H,2H2,1H3. The van der Waals surface area contributed by atoms with Crippen molar-refractivity contribution in [1.82, 2.24) is 0 Å². The molecule has 0 radical (unpaired) electrons. The van der Waals surface area contributed by atoms with Gasteiger partial charge in [0.2, 0.25) is 0 Å². The molecular formula is C27H20O4. The number of fused-ring (bicyclic) bond motifs is 3. The second kappa shape index (κ2) is 7.73. The molecule has 1 atom stereocenters. The van der Waals surface area contributed by atoms with Gasteiger partial charge in [-0.15, -0.1) is 0 Å². The van der Waals surface area contributed by atoms with Gasteiger partial charge in [-0.1, -0.05) is 66.7 Å². The summed E-state index contributed by atoms with van der Waals surface area (Å²) in [6.45, 7) is 2.02. The molecule has 152 valence electrons. The fraction of sp³-hybridized carbons (Fsp3) is 0.111. The molecule has 0 amide bonds. The second-order valence-electron chi connectivity index (χ2n) is 7.41. The van der Waals surface area contributed by atoms with Crippen LogP contribution in [0.5, 0.6) is 0 Å². The summed E-state index contributed by atoms with van der Waals surface area (Å²) in [7, 11) is 0. The monoisotopic (exact) mass is 408 g/mol. The Balaban J connectivity index is 1.92. The number of rotatable bonds is 3. The summed E-state index contributed by atoms with van der Waals surface area (Å²) >= 11 is 0. The first-order valence-corrected chi connectivity index (χ1v) is 10.3. The summed E-state index contributed by atoms with van der Waals surface area (Å²) < 4.78 is 11.7. The van der Waals surface area contributed by atoms with Crippen LogP contribution in [0, 0.1) is 0 Å². The number of benzene rings is 3. The van der Waals surface area contributed by atoms with Crippen molar-refractivity contribution in [2.75, 3.05) is 6.61 Å². The lowest BCUT2D eigenvalue weighted by Crippen LogP contribution is -2.13. The predicted octanol–water partition coefficient (Wildman–Crippen LogP) is 5.39. The largest absolute Gasteiger partial charge is 0.462 e. The van der Waals surface area contributed by atoms with Crippen LogP contribution < -0.4 is 5.43 Å². The molecule has 1 aromatic heterocycles. The van der Waals surface area contributed by atoms with Gasteiger partial charge in [-0.2, -0.15) is 0 Å². The van der Waals surface area contributed by atoms with E-state index in [9.17, 15) is 9.59 Å². The highest BCUT2D eigenvalue weighted by molar-refractivity contribution is 6.22. The average molecular weight is 408 g/mol. The van der Waals surface area contributed by atoms with Gasteiger partial charge in [0.25, 0.3) is 0 Å². The molecule has 31 heavy (non-hydrogen) atoms. The third kappa shape index (κ3) is 3.17. The summed E-state index contributed by atoms with van der Waals surface area (Å²) in [5.74, 6) is -0.267. The van der Waals surface area contributed by atoms with Gasteiger partial charge < -0.3 is 9.15 Å². The quantitative estimate of drug-likeness (QED) is 0.427. The summed E-state index contributed by atoms with van der Waals surface area (Å²) in [4.78, 5) is 26.4. The van der Waals surface area contributed by atoms with Gasteiger partial charge >= 0.3 is 5.97 Å². The Morgan fingerprint density at radius 3 is 2.45 bits per heavy atom. The van der Waals surface area contributed by atoms with Crippen LogP contribution in [0.3, 0.4) is 0 Å². The third-order valence-corrected chi connectivity index (χ3v) is 5.60. The fourth-order valence-electron chi connectivity index (χ4n) is 4.24. The summed E-state index contributed by atoms with van der Waals surface area (Å²) in [5, 5.41) is 0.485. The van der Waals surface area contributed by atoms with E-state index in [-0.39, 0.29) is 18.0 Å². The molecule has 5 rings (SSSR count). The van der Waals surface area contributed by atoms with E-state index in [0.29, 0.717) is 27.9 Å². The first-order valence-electron chi connectivity index (χ1n) is 10.3. The van der Waals surface area contributed by atoms with E-state index in [0.717, 1.165) is 16.7 Å². The average Bonchev–Trinajstić information content (AvgIpc) is 2.95. The molecule has 4 nitrogen and oxygen atoms in total. The summed E-state index contributed by atoms with van der Waals surface area (Å²) in [6, 6.07) is 24.8. The molecule has 1 aliphatic rings. The number of ether oxygens (including phenoxy) is 1. The minimum atomic E-state index is -0.456. The Kier molecular flexibility index (Phi) is 4.75. The minimum absolute atomic E-state index is 0.160. The van der Waals surface area contributed by atoms with E-state index in [4.69, 9.17) is 9.15 Å². The smallest absolute Gasteiger partial charge is 0.338 e. The molecule has 0 fully saturated rings. The van der Waals surface area contributed by atoms with Crippen LogP contribution in [0.15, 0.2) is 88.1 Å². The number of carbonyl (C=O) groups is 1. The normalized spacial score (nSPS) is 14.9. The van der Waals surface area contributed by atoms with Crippen LogP contribution in [-0.2, 0) is 9.53 Å². The summed E-state index contributed by atoms with van der Waals surface area (Å²) in [5.41, 5.74) is 3.72. The number of para-hydroxylation sites is 1. The van der Waals surface area contributed by atoms with Crippen LogP contribution in [0.2, 0.25) is 0 Å². The van der Waals surface area contributed by atoms with Gasteiger partial charge in [-0.3, -0.25) is 4.79 Å². The van der Waals surface area contributed by atoms with E-state index in [1.54, 1.807) is 25.1 Å². The van der Waals surface area contributed by atoms with E-state index in [2.05, 4.69) is 0 Å². The van der Waals surface area contributed by atoms with Gasteiger partial charge in [0, 0.05) is 0 Å². The van der Waals surface area contributed by atoms with Crippen LogP contribution in [-0.4, -0.2) is 12.6 Å². The molecule has 0 spiro atoms. The molecule has 3 aromatic carbocycles. The van der Waals surface area contributed by atoms with Crippen LogP contribution in [0.4, 0.5) is 0 Å². The van der Waals surface area contributed by atoms with E-state index in [1.807, 2.05) is 66.7 Å². The minimum Gasteiger partial charge on any atom is -0.462 e. The van der Waals surface area contributed by atoms with E-state index in [1.165, 1.54) is 0 Å². The molecule has 4 aromatic rings.